The summed E-state index contributed by atoms with van der Waals surface area (Å²) in [5.41, 5.74) is 2.26. The summed E-state index contributed by atoms with van der Waals surface area (Å²) in [7, 11) is 0. The Bertz CT molecular complexity index is 1120. The van der Waals surface area contributed by atoms with Gasteiger partial charge in [0.15, 0.2) is 11.2 Å². The first-order valence-electron chi connectivity index (χ1n) is 10.4. The molecule has 3 aromatic rings. The molecule has 0 bridgehead atoms. The van der Waals surface area contributed by atoms with Gasteiger partial charge in [-0.05, 0) is 25.3 Å². The number of likely N-dealkylation sites (tertiary alicyclic amines) is 1. The van der Waals surface area contributed by atoms with Gasteiger partial charge in [-0.2, -0.15) is 0 Å². The lowest BCUT2D eigenvalue weighted by Gasteiger charge is -2.36. The number of aryl methyl sites for hydroxylation is 1. The first-order chi connectivity index (χ1) is 14.2. The largest absolute Gasteiger partial charge is 0.342 e. The second-order valence-electron chi connectivity index (χ2n) is 9.20. The number of carbonyl (C=O) groups excluding carboxylic acids is 1. The van der Waals surface area contributed by atoms with E-state index in [-0.39, 0.29) is 22.9 Å². The number of hydrogen-bond acceptors (Lipinski definition) is 5. The Labute approximate surface area is 175 Å². The molecule has 1 aliphatic heterocycles. The lowest BCUT2D eigenvalue weighted by Crippen LogP contribution is -2.45. The first-order valence-corrected chi connectivity index (χ1v) is 10.4. The number of benzene rings is 1. The van der Waals surface area contributed by atoms with Crippen molar-refractivity contribution in [1.29, 1.82) is 0 Å². The van der Waals surface area contributed by atoms with Crippen molar-refractivity contribution in [2.24, 2.45) is 5.41 Å². The quantitative estimate of drug-likeness (QED) is 0.719. The van der Waals surface area contributed by atoms with Gasteiger partial charge >= 0.3 is 0 Å². The number of aromatic nitrogens is 5. The van der Waals surface area contributed by atoms with E-state index in [1.807, 2.05) is 56.9 Å². The van der Waals surface area contributed by atoms with Crippen molar-refractivity contribution in [2.75, 3.05) is 13.1 Å². The van der Waals surface area contributed by atoms with Gasteiger partial charge in [-0.25, -0.2) is 9.67 Å². The van der Waals surface area contributed by atoms with E-state index < -0.39 is 5.41 Å². The van der Waals surface area contributed by atoms with E-state index in [0.717, 1.165) is 24.9 Å². The Hall–Kier alpha value is -3.03. The molecule has 8 nitrogen and oxygen atoms in total. The Balaban J connectivity index is 1.64. The fourth-order valence-corrected chi connectivity index (χ4v) is 3.91. The average Bonchev–Trinajstić information content (AvgIpc) is 3.12. The Morgan fingerprint density at radius 3 is 2.67 bits per heavy atom. The second-order valence-corrected chi connectivity index (χ2v) is 9.20. The van der Waals surface area contributed by atoms with Crippen LogP contribution in [0.1, 0.15) is 56.5 Å². The van der Waals surface area contributed by atoms with Crippen molar-refractivity contribution in [3.05, 3.63) is 51.6 Å². The van der Waals surface area contributed by atoms with Crippen LogP contribution in [0.15, 0.2) is 29.1 Å². The van der Waals surface area contributed by atoms with Crippen LogP contribution in [0.25, 0.3) is 11.2 Å². The number of fused-ring (bicyclic) bond motifs is 1. The van der Waals surface area contributed by atoms with Crippen LogP contribution >= 0.6 is 0 Å². The predicted octanol–water partition coefficient (Wildman–Crippen LogP) is 2.62. The third-order valence-corrected chi connectivity index (χ3v) is 5.58. The number of H-pyrrole nitrogens is 1. The highest BCUT2D eigenvalue weighted by molar-refractivity contribution is 5.81. The number of carbonyl (C=O) groups is 1. The molecular formula is C22H28N6O2. The van der Waals surface area contributed by atoms with E-state index in [4.69, 9.17) is 4.98 Å². The molecule has 1 aromatic carbocycles. The van der Waals surface area contributed by atoms with Crippen LogP contribution in [0.2, 0.25) is 0 Å². The normalized spacial score (nSPS) is 17.5. The SMILES string of the molecule is Cc1ccc(Cn2nnc3c(=O)[nH]c([C@@H]4CCCN(C(=O)C(C)(C)C)C4)nc32)cc1. The molecule has 1 atom stereocenters. The van der Waals surface area contributed by atoms with E-state index in [9.17, 15) is 9.59 Å². The summed E-state index contributed by atoms with van der Waals surface area (Å²) >= 11 is 0. The minimum Gasteiger partial charge on any atom is -0.342 e. The maximum Gasteiger partial charge on any atom is 0.281 e. The van der Waals surface area contributed by atoms with E-state index in [1.54, 1.807) is 4.68 Å². The Kier molecular flexibility index (Phi) is 5.17. The summed E-state index contributed by atoms with van der Waals surface area (Å²) in [6, 6.07) is 8.16. The summed E-state index contributed by atoms with van der Waals surface area (Å²) in [5, 5.41) is 8.19. The van der Waals surface area contributed by atoms with Gasteiger partial charge in [-0.3, -0.25) is 9.59 Å². The maximum absolute atomic E-state index is 12.7. The fraction of sp³-hybridized carbons (Fsp3) is 0.500. The number of rotatable bonds is 3. The molecule has 1 saturated heterocycles. The zero-order valence-corrected chi connectivity index (χ0v) is 18.0. The van der Waals surface area contributed by atoms with Crippen LogP contribution in [0.5, 0.6) is 0 Å². The highest BCUT2D eigenvalue weighted by atomic mass is 16.2. The van der Waals surface area contributed by atoms with Gasteiger partial charge in [0, 0.05) is 24.4 Å². The van der Waals surface area contributed by atoms with Gasteiger partial charge < -0.3 is 9.88 Å². The molecular weight excluding hydrogens is 380 g/mol. The minimum absolute atomic E-state index is 0.00938. The van der Waals surface area contributed by atoms with Crippen molar-refractivity contribution in [2.45, 2.75) is 53.0 Å². The summed E-state index contributed by atoms with van der Waals surface area (Å²) in [5.74, 6) is 0.720. The highest BCUT2D eigenvalue weighted by Crippen LogP contribution is 2.28. The highest BCUT2D eigenvalue weighted by Gasteiger charge is 2.32. The topological polar surface area (TPSA) is 96.8 Å². The number of amides is 1. The van der Waals surface area contributed by atoms with Gasteiger partial charge in [0.25, 0.3) is 5.56 Å². The van der Waals surface area contributed by atoms with Crippen molar-refractivity contribution in [3.63, 3.8) is 0 Å². The fourth-order valence-electron chi connectivity index (χ4n) is 3.91. The summed E-state index contributed by atoms with van der Waals surface area (Å²) in [6.07, 6.45) is 1.76. The molecule has 0 aliphatic carbocycles. The summed E-state index contributed by atoms with van der Waals surface area (Å²) in [6.45, 7) is 9.63. The van der Waals surface area contributed by atoms with E-state index in [0.29, 0.717) is 24.6 Å². The molecule has 3 heterocycles. The number of piperidine rings is 1. The van der Waals surface area contributed by atoms with E-state index in [1.165, 1.54) is 5.56 Å². The van der Waals surface area contributed by atoms with Crippen LogP contribution in [-0.4, -0.2) is 48.9 Å². The zero-order chi connectivity index (χ0) is 21.5. The standard InChI is InChI=1S/C22H28N6O2/c1-14-7-9-15(10-8-14)12-28-19-17(25-26-28)20(29)24-18(23-19)16-6-5-11-27(13-16)21(30)22(2,3)4/h7-10,16H,5-6,11-13H2,1-4H3,(H,23,24,29)/t16-/m1/s1. The van der Waals surface area contributed by atoms with Gasteiger partial charge in [-0.1, -0.05) is 55.8 Å². The molecule has 0 unspecified atom stereocenters. The average molecular weight is 409 g/mol. The van der Waals surface area contributed by atoms with Gasteiger partial charge in [0.1, 0.15) is 5.82 Å². The molecule has 4 rings (SSSR count). The molecule has 2 aromatic heterocycles. The molecule has 158 valence electrons. The molecule has 1 N–H and O–H groups in total. The van der Waals surface area contributed by atoms with Crippen LogP contribution < -0.4 is 5.56 Å². The smallest absolute Gasteiger partial charge is 0.281 e. The van der Waals surface area contributed by atoms with Crippen LogP contribution in [0, 0.1) is 12.3 Å². The lowest BCUT2D eigenvalue weighted by atomic mass is 9.91. The zero-order valence-electron chi connectivity index (χ0n) is 18.0. The third kappa shape index (κ3) is 3.99. The molecule has 1 fully saturated rings. The van der Waals surface area contributed by atoms with E-state index in [2.05, 4.69) is 15.3 Å². The van der Waals surface area contributed by atoms with Crippen LogP contribution in [0.3, 0.4) is 0 Å². The van der Waals surface area contributed by atoms with Crippen molar-refractivity contribution in [3.8, 4) is 0 Å². The number of aromatic amines is 1. The predicted molar refractivity (Wildman–Crippen MR) is 114 cm³/mol. The maximum atomic E-state index is 12.7. The lowest BCUT2D eigenvalue weighted by molar-refractivity contribution is -0.140. The molecule has 30 heavy (non-hydrogen) atoms. The Morgan fingerprint density at radius 2 is 1.97 bits per heavy atom. The second kappa shape index (κ2) is 7.66. The number of nitrogens with one attached hydrogen (secondary N) is 1. The summed E-state index contributed by atoms with van der Waals surface area (Å²) in [4.78, 5) is 34.9. The third-order valence-electron chi connectivity index (χ3n) is 5.58. The van der Waals surface area contributed by atoms with Crippen molar-refractivity contribution < 1.29 is 4.79 Å². The van der Waals surface area contributed by atoms with Crippen LogP contribution in [-0.2, 0) is 11.3 Å². The summed E-state index contributed by atoms with van der Waals surface area (Å²) < 4.78 is 1.67. The molecule has 1 aliphatic rings. The van der Waals surface area contributed by atoms with Gasteiger partial charge in [-0.15, -0.1) is 5.10 Å². The molecule has 8 heteroatoms. The van der Waals surface area contributed by atoms with Gasteiger partial charge in [0.05, 0.1) is 6.54 Å². The molecule has 0 saturated carbocycles. The molecule has 1 amide bonds. The van der Waals surface area contributed by atoms with Crippen LogP contribution in [0.4, 0.5) is 0 Å². The number of nitrogens with zero attached hydrogens (tertiary/aromatic N) is 5. The first kappa shape index (κ1) is 20.3. The van der Waals surface area contributed by atoms with Gasteiger partial charge in [0.2, 0.25) is 5.91 Å². The molecule has 0 radical (unpaired) electrons. The van der Waals surface area contributed by atoms with Crippen molar-refractivity contribution in [1.82, 2.24) is 29.9 Å². The van der Waals surface area contributed by atoms with Crippen molar-refractivity contribution >= 4 is 17.1 Å². The Morgan fingerprint density at radius 1 is 1.23 bits per heavy atom. The minimum atomic E-state index is -0.427. The van der Waals surface area contributed by atoms with E-state index >= 15 is 0 Å². The molecule has 0 spiro atoms. The monoisotopic (exact) mass is 408 g/mol. The number of hydrogen-bond donors (Lipinski definition) is 1.